The van der Waals surface area contributed by atoms with Gasteiger partial charge in [-0.2, -0.15) is 14.0 Å². The zero-order valence-corrected chi connectivity index (χ0v) is 13.9. The first-order valence-electron chi connectivity index (χ1n) is 7.82. The van der Waals surface area contributed by atoms with Crippen LogP contribution in [0.4, 0.5) is 18.9 Å². The summed E-state index contributed by atoms with van der Waals surface area (Å²) in [5, 5.41) is 3.99. The van der Waals surface area contributed by atoms with E-state index in [9.17, 15) is 22.8 Å². The molecule has 0 radical (unpaired) electrons. The number of hydrogen-bond donors (Lipinski definition) is 2. The minimum Gasteiger partial charge on any atom is -0.373 e. The summed E-state index contributed by atoms with van der Waals surface area (Å²) < 4.78 is 47.9. The number of fused-ring (bicyclic) bond motifs is 1. The Hall–Kier alpha value is -3.15. The number of halogens is 3. The normalized spacial score (nSPS) is 19.1. The van der Waals surface area contributed by atoms with Gasteiger partial charge >= 0.3 is 5.69 Å². The van der Waals surface area contributed by atoms with Gasteiger partial charge in [0.2, 0.25) is 5.95 Å². The van der Waals surface area contributed by atoms with E-state index in [1.54, 1.807) is 0 Å². The highest BCUT2D eigenvalue weighted by atomic mass is 19.3. The lowest BCUT2D eigenvalue weighted by Crippen LogP contribution is -2.33. The topological polar surface area (TPSA) is 108 Å². The highest BCUT2D eigenvalue weighted by Gasteiger charge is 2.49. The standard InChI is InChI=1S/C15H13F3N6O3/c1-27-10-5-23(6-15(10,17)18)9-2-8(7-3-20-14(26)21-13(7)25)22-24-11(16)4-19-12(9)24/h2-4,10H,5-6H2,1H3,(H2,20,21,25,26). The average Bonchev–Trinajstić information content (AvgIpc) is 3.13. The number of H-pyrrole nitrogens is 2. The molecule has 12 heteroatoms. The minimum absolute atomic E-state index is 0.0175. The van der Waals surface area contributed by atoms with Crippen LogP contribution in [0.2, 0.25) is 0 Å². The van der Waals surface area contributed by atoms with Crippen molar-refractivity contribution in [3.05, 3.63) is 45.2 Å². The second kappa shape index (κ2) is 5.94. The number of alkyl halides is 2. The van der Waals surface area contributed by atoms with E-state index in [1.807, 2.05) is 4.98 Å². The van der Waals surface area contributed by atoms with Crippen LogP contribution in [0.25, 0.3) is 16.9 Å². The van der Waals surface area contributed by atoms with Crippen molar-refractivity contribution in [2.45, 2.75) is 12.0 Å². The predicted octanol–water partition coefficient (Wildman–Crippen LogP) is 0.382. The fourth-order valence-corrected chi connectivity index (χ4v) is 3.07. The zero-order valence-electron chi connectivity index (χ0n) is 13.9. The van der Waals surface area contributed by atoms with Crippen molar-refractivity contribution in [3.63, 3.8) is 0 Å². The monoisotopic (exact) mass is 382 g/mol. The van der Waals surface area contributed by atoms with Gasteiger partial charge in [-0.1, -0.05) is 0 Å². The summed E-state index contributed by atoms with van der Waals surface area (Å²) in [6.07, 6.45) is 0.671. The number of imidazole rings is 1. The van der Waals surface area contributed by atoms with Gasteiger partial charge in [-0.25, -0.2) is 18.6 Å². The molecule has 2 N–H and O–H groups in total. The minimum atomic E-state index is -3.12. The molecule has 1 saturated heterocycles. The predicted molar refractivity (Wildman–Crippen MR) is 87.6 cm³/mol. The van der Waals surface area contributed by atoms with Crippen LogP contribution in [0.5, 0.6) is 0 Å². The van der Waals surface area contributed by atoms with Crippen molar-refractivity contribution in [1.82, 2.24) is 24.6 Å². The van der Waals surface area contributed by atoms with Crippen molar-refractivity contribution >= 4 is 11.3 Å². The number of aromatic amines is 2. The Morgan fingerprint density at radius 2 is 2.15 bits per heavy atom. The van der Waals surface area contributed by atoms with Crippen LogP contribution in [-0.2, 0) is 4.74 Å². The van der Waals surface area contributed by atoms with E-state index in [1.165, 1.54) is 18.1 Å². The number of ether oxygens (including phenoxy) is 1. The first-order valence-corrected chi connectivity index (χ1v) is 7.82. The van der Waals surface area contributed by atoms with Crippen molar-refractivity contribution < 1.29 is 17.9 Å². The molecule has 27 heavy (non-hydrogen) atoms. The van der Waals surface area contributed by atoms with Crippen LogP contribution in [0, 0.1) is 5.95 Å². The van der Waals surface area contributed by atoms with Gasteiger partial charge in [0.1, 0.15) is 11.8 Å². The van der Waals surface area contributed by atoms with Crippen molar-refractivity contribution in [2.75, 3.05) is 25.1 Å². The SMILES string of the molecule is COC1CN(c2cc(-c3c[nH]c(=O)[nH]c3=O)nn3c(F)cnc23)CC1(F)F. The first kappa shape index (κ1) is 17.3. The number of methoxy groups -OCH3 is 1. The number of nitrogens with one attached hydrogen (secondary N) is 2. The van der Waals surface area contributed by atoms with Crippen LogP contribution < -0.4 is 16.1 Å². The molecule has 3 aromatic rings. The third-order valence-electron chi connectivity index (χ3n) is 4.39. The highest BCUT2D eigenvalue weighted by molar-refractivity contribution is 5.74. The van der Waals surface area contributed by atoms with Gasteiger partial charge in [0.05, 0.1) is 30.5 Å². The Morgan fingerprint density at radius 1 is 1.37 bits per heavy atom. The van der Waals surface area contributed by atoms with Gasteiger partial charge in [-0.3, -0.25) is 9.78 Å². The number of nitrogens with zero attached hydrogens (tertiary/aromatic N) is 4. The number of anilines is 1. The summed E-state index contributed by atoms with van der Waals surface area (Å²) in [4.78, 5) is 32.8. The number of aromatic nitrogens is 5. The highest BCUT2D eigenvalue weighted by Crippen LogP contribution is 2.35. The van der Waals surface area contributed by atoms with Crippen LogP contribution in [0.1, 0.15) is 0 Å². The van der Waals surface area contributed by atoms with Crippen molar-refractivity contribution in [1.29, 1.82) is 0 Å². The molecule has 142 valence electrons. The molecule has 3 aromatic heterocycles. The lowest BCUT2D eigenvalue weighted by Gasteiger charge is -2.19. The summed E-state index contributed by atoms with van der Waals surface area (Å²) in [6.45, 7) is -0.819. The third kappa shape index (κ3) is 2.77. The van der Waals surface area contributed by atoms with E-state index in [-0.39, 0.29) is 29.1 Å². The van der Waals surface area contributed by atoms with Crippen LogP contribution in [-0.4, -0.2) is 56.8 Å². The number of hydrogen-bond acceptors (Lipinski definition) is 6. The molecule has 4 heterocycles. The molecule has 1 atom stereocenters. The van der Waals surface area contributed by atoms with Crippen LogP contribution >= 0.6 is 0 Å². The smallest absolute Gasteiger partial charge is 0.325 e. The van der Waals surface area contributed by atoms with E-state index in [0.717, 1.165) is 16.9 Å². The fourth-order valence-electron chi connectivity index (χ4n) is 3.07. The molecule has 1 aliphatic rings. The van der Waals surface area contributed by atoms with Gasteiger partial charge < -0.3 is 14.6 Å². The van der Waals surface area contributed by atoms with Crippen molar-refractivity contribution in [3.8, 4) is 11.3 Å². The molecular weight excluding hydrogens is 369 g/mol. The maximum atomic E-state index is 14.1. The van der Waals surface area contributed by atoms with Crippen molar-refractivity contribution in [2.24, 2.45) is 0 Å². The maximum Gasteiger partial charge on any atom is 0.325 e. The van der Waals surface area contributed by atoms with Gasteiger partial charge in [0.15, 0.2) is 5.65 Å². The fraction of sp³-hybridized carbons (Fsp3) is 0.333. The Labute approximate surface area is 148 Å². The second-order valence-electron chi connectivity index (χ2n) is 6.08. The molecule has 0 aromatic carbocycles. The molecule has 0 spiro atoms. The molecule has 0 saturated carbocycles. The van der Waals surface area contributed by atoms with E-state index < -0.39 is 35.8 Å². The summed E-state index contributed by atoms with van der Waals surface area (Å²) in [6, 6.07) is 1.35. The van der Waals surface area contributed by atoms with E-state index in [2.05, 4.69) is 15.1 Å². The Morgan fingerprint density at radius 3 is 2.81 bits per heavy atom. The summed E-state index contributed by atoms with van der Waals surface area (Å²) in [7, 11) is 1.19. The molecule has 1 fully saturated rings. The lowest BCUT2D eigenvalue weighted by atomic mass is 10.2. The largest absolute Gasteiger partial charge is 0.373 e. The summed E-state index contributed by atoms with van der Waals surface area (Å²) >= 11 is 0. The van der Waals surface area contributed by atoms with Gasteiger partial charge in [-0.15, -0.1) is 0 Å². The first-order chi connectivity index (χ1) is 12.8. The molecule has 0 bridgehead atoms. The molecule has 0 amide bonds. The molecule has 9 nitrogen and oxygen atoms in total. The van der Waals surface area contributed by atoms with Crippen LogP contribution in [0.15, 0.2) is 28.0 Å². The summed E-state index contributed by atoms with van der Waals surface area (Å²) in [5.41, 5.74) is -1.37. The molecule has 1 unspecified atom stereocenters. The Bertz CT molecular complexity index is 1140. The van der Waals surface area contributed by atoms with E-state index in [4.69, 9.17) is 4.74 Å². The maximum absolute atomic E-state index is 14.1. The molecule has 0 aliphatic carbocycles. The molecule has 1 aliphatic heterocycles. The third-order valence-corrected chi connectivity index (χ3v) is 4.39. The Balaban J connectivity index is 1.91. The van der Waals surface area contributed by atoms with Gasteiger partial charge in [-0.05, 0) is 6.07 Å². The van der Waals surface area contributed by atoms with Crippen LogP contribution in [0.3, 0.4) is 0 Å². The van der Waals surface area contributed by atoms with E-state index >= 15 is 0 Å². The average molecular weight is 382 g/mol. The second-order valence-corrected chi connectivity index (χ2v) is 6.08. The zero-order chi connectivity index (χ0) is 19.3. The Kier molecular flexibility index (Phi) is 3.80. The molecular formula is C15H13F3N6O3. The van der Waals surface area contributed by atoms with E-state index in [0.29, 0.717) is 0 Å². The lowest BCUT2D eigenvalue weighted by molar-refractivity contribution is -0.0889. The summed E-state index contributed by atoms with van der Waals surface area (Å²) in [5.74, 6) is -3.95. The van der Waals surface area contributed by atoms with Gasteiger partial charge in [0.25, 0.3) is 11.5 Å². The van der Waals surface area contributed by atoms with Gasteiger partial charge in [0, 0.05) is 13.3 Å². The number of rotatable bonds is 3. The quantitative estimate of drug-likeness (QED) is 0.678. The molecule has 4 rings (SSSR count).